The van der Waals surface area contributed by atoms with Gasteiger partial charge in [-0.2, -0.15) is 0 Å². The summed E-state index contributed by atoms with van der Waals surface area (Å²) in [6.07, 6.45) is 0. The Morgan fingerprint density at radius 1 is 0.339 bits per heavy atom. The molecular formula is C52H32N2OS. The first-order valence-electron chi connectivity index (χ1n) is 18.8. The molecule has 0 saturated heterocycles. The van der Waals surface area contributed by atoms with Crippen LogP contribution >= 0.6 is 11.3 Å². The van der Waals surface area contributed by atoms with E-state index in [9.17, 15) is 0 Å². The highest BCUT2D eigenvalue weighted by atomic mass is 32.1. The van der Waals surface area contributed by atoms with Crippen molar-refractivity contribution in [2.24, 2.45) is 0 Å². The molecule has 0 aliphatic carbocycles. The van der Waals surface area contributed by atoms with Gasteiger partial charge in [0.05, 0.1) is 11.4 Å². The molecule has 56 heavy (non-hydrogen) atoms. The normalized spacial score (nSPS) is 11.6. The third-order valence-electron chi connectivity index (χ3n) is 10.7. The molecule has 8 aromatic carbocycles. The highest BCUT2D eigenvalue weighted by molar-refractivity contribution is 7.26. The van der Waals surface area contributed by atoms with Gasteiger partial charge in [0.15, 0.2) is 5.82 Å². The van der Waals surface area contributed by atoms with Gasteiger partial charge in [-0.05, 0) is 94.0 Å². The van der Waals surface area contributed by atoms with Crippen molar-refractivity contribution < 1.29 is 4.42 Å². The molecule has 0 spiro atoms. The molecule has 0 N–H and O–H groups in total. The van der Waals surface area contributed by atoms with Crippen molar-refractivity contribution >= 4 is 53.4 Å². The molecule has 3 heterocycles. The number of hydrogen-bond acceptors (Lipinski definition) is 4. The van der Waals surface area contributed by atoms with Crippen LogP contribution in [0.1, 0.15) is 0 Å². The summed E-state index contributed by atoms with van der Waals surface area (Å²) in [5.41, 5.74) is 13.4. The lowest BCUT2D eigenvalue weighted by Gasteiger charge is -2.14. The maximum absolute atomic E-state index is 6.19. The van der Waals surface area contributed by atoms with E-state index < -0.39 is 0 Å². The Morgan fingerprint density at radius 3 is 1.77 bits per heavy atom. The fourth-order valence-electron chi connectivity index (χ4n) is 7.93. The van der Waals surface area contributed by atoms with Crippen molar-refractivity contribution in [2.75, 3.05) is 0 Å². The summed E-state index contributed by atoms with van der Waals surface area (Å²) in [6, 6.07) is 68.7. The topological polar surface area (TPSA) is 38.9 Å². The number of aromatic nitrogens is 2. The van der Waals surface area contributed by atoms with Crippen LogP contribution in [0.25, 0.3) is 109 Å². The second-order valence-electron chi connectivity index (χ2n) is 14.2. The van der Waals surface area contributed by atoms with Crippen molar-refractivity contribution in [1.82, 2.24) is 9.97 Å². The second kappa shape index (κ2) is 13.3. The van der Waals surface area contributed by atoms with Gasteiger partial charge in [0.1, 0.15) is 11.2 Å². The molecule has 0 saturated carbocycles. The Hall–Kier alpha value is -7.14. The standard InChI is InChI=1S/C52H32N2OS/c1-3-13-33(14-4-1)35-17-11-18-36(27-35)38-28-39(41-21-12-22-44-43-20-8-10-24-50(43)56-51(41)44)30-40(29-38)47-32-46(53-52(54-47)34-15-5-2-6-16-34)37-25-26-49-45(31-37)42-19-7-9-23-48(42)55-49/h1-32H. The molecule has 4 heteroatoms. The Balaban J connectivity index is 1.15. The van der Waals surface area contributed by atoms with Crippen molar-refractivity contribution in [3.05, 3.63) is 194 Å². The lowest BCUT2D eigenvalue weighted by atomic mass is 9.92. The lowest BCUT2D eigenvalue weighted by molar-refractivity contribution is 0.669. The van der Waals surface area contributed by atoms with Gasteiger partial charge < -0.3 is 4.42 Å². The Kier molecular flexibility index (Phi) is 7.68. The third-order valence-corrected chi connectivity index (χ3v) is 11.9. The van der Waals surface area contributed by atoms with Crippen molar-refractivity contribution in [1.29, 1.82) is 0 Å². The summed E-state index contributed by atoms with van der Waals surface area (Å²) in [6.45, 7) is 0. The highest BCUT2D eigenvalue weighted by Crippen LogP contribution is 2.43. The van der Waals surface area contributed by atoms with Crippen molar-refractivity contribution in [3.8, 4) is 67.3 Å². The van der Waals surface area contributed by atoms with Crippen LogP contribution in [0.5, 0.6) is 0 Å². The minimum Gasteiger partial charge on any atom is -0.456 e. The molecule has 0 amide bonds. The van der Waals surface area contributed by atoms with E-state index in [0.29, 0.717) is 5.82 Å². The van der Waals surface area contributed by atoms with E-state index in [0.717, 1.165) is 66.7 Å². The van der Waals surface area contributed by atoms with E-state index >= 15 is 0 Å². The maximum atomic E-state index is 6.19. The van der Waals surface area contributed by atoms with Gasteiger partial charge in [0, 0.05) is 47.6 Å². The summed E-state index contributed by atoms with van der Waals surface area (Å²) < 4.78 is 8.76. The van der Waals surface area contributed by atoms with Crippen LogP contribution in [0.4, 0.5) is 0 Å². The summed E-state index contributed by atoms with van der Waals surface area (Å²) in [4.78, 5) is 10.5. The number of para-hydroxylation sites is 1. The molecule has 0 bridgehead atoms. The van der Waals surface area contributed by atoms with Crippen LogP contribution in [0.15, 0.2) is 199 Å². The molecule has 3 nitrogen and oxygen atoms in total. The molecular weight excluding hydrogens is 701 g/mol. The van der Waals surface area contributed by atoms with Crippen LogP contribution in [-0.4, -0.2) is 9.97 Å². The summed E-state index contributed by atoms with van der Waals surface area (Å²) in [5, 5.41) is 4.72. The molecule has 0 aliphatic rings. The molecule has 11 aromatic rings. The zero-order chi connectivity index (χ0) is 37.0. The zero-order valence-corrected chi connectivity index (χ0v) is 31.0. The van der Waals surface area contributed by atoms with Gasteiger partial charge in [0.25, 0.3) is 0 Å². The van der Waals surface area contributed by atoms with Gasteiger partial charge in [-0.15, -0.1) is 11.3 Å². The monoisotopic (exact) mass is 732 g/mol. The molecule has 0 aliphatic heterocycles. The van der Waals surface area contributed by atoms with Gasteiger partial charge in [0.2, 0.25) is 0 Å². The van der Waals surface area contributed by atoms with Crippen molar-refractivity contribution in [3.63, 3.8) is 0 Å². The number of thiophene rings is 1. The number of hydrogen-bond donors (Lipinski definition) is 0. The Morgan fingerprint density at radius 2 is 0.929 bits per heavy atom. The van der Waals surface area contributed by atoms with E-state index in [1.165, 1.54) is 36.9 Å². The number of benzene rings is 8. The van der Waals surface area contributed by atoms with E-state index in [1.807, 2.05) is 41.7 Å². The Bertz CT molecular complexity index is 3250. The third kappa shape index (κ3) is 5.67. The number of fused-ring (bicyclic) bond motifs is 6. The van der Waals surface area contributed by atoms with Crippen LogP contribution in [-0.2, 0) is 0 Å². The quantitative estimate of drug-likeness (QED) is 0.171. The summed E-state index contributed by atoms with van der Waals surface area (Å²) >= 11 is 1.85. The summed E-state index contributed by atoms with van der Waals surface area (Å²) in [7, 11) is 0. The first-order valence-corrected chi connectivity index (χ1v) is 19.6. The lowest BCUT2D eigenvalue weighted by Crippen LogP contribution is -1.96. The van der Waals surface area contributed by atoms with Gasteiger partial charge in [-0.3, -0.25) is 0 Å². The number of nitrogens with zero attached hydrogens (tertiary/aromatic N) is 2. The van der Waals surface area contributed by atoms with Crippen LogP contribution < -0.4 is 0 Å². The van der Waals surface area contributed by atoms with E-state index in [4.69, 9.17) is 14.4 Å². The van der Waals surface area contributed by atoms with Crippen LogP contribution in [0.3, 0.4) is 0 Å². The fourth-order valence-corrected chi connectivity index (χ4v) is 9.16. The molecule has 0 radical (unpaired) electrons. The number of furan rings is 1. The molecule has 0 atom stereocenters. The highest BCUT2D eigenvalue weighted by Gasteiger charge is 2.17. The molecule has 0 unspecified atom stereocenters. The minimum absolute atomic E-state index is 0.680. The maximum Gasteiger partial charge on any atom is 0.160 e. The average molecular weight is 733 g/mol. The van der Waals surface area contributed by atoms with Gasteiger partial charge in [-0.1, -0.05) is 133 Å². The molecule has 0 fully saturated rings. The second-order valence-corrected chi connectivity index (χ2v) is 15.2. The fraction of sp³-hybridized carbons (Fsp3) is 0. The van der Waals surface area contributed by atoms with Crippen molar-refractivity contribution in [2.45, 2.75) is 0 Å². The predicted octanol–water partition coefficient (Wildman–Crippen LogP) is 14.7. The first kappa shape index (κ1) is 32.3. The van der Waals surface area contributed by atoms with Gasteiger partial charge in [-0.25, -0.2) is 9.97 Å². The van der Waals surface area contributed by atoms with E-state index in [-0.39, 0.29) is 0 Å². The SMILES string of the molecule is c1ccc(-c2cccc(-c3cc(-c4cc(-c5ccc6oc7ccccc7c6c5)nc(-c5ccccc5)n4)cc(-c4cccc5c4sc4ccccc45)c3)c2)cc1. The zero-order valence-electron chi connectivity index (χ0n) is 30.2. The first-order chi connectivity index (χ1) is 27.7. The summed E-state index contributed by atoms with van der Waals surface area (Å²) in [5.74, 6) is 0.680. The van der Waals surface area contributed by atoms with Crippen LogP contribution in [0, 0.1) is 0 Å². The Labute approximate surface area is 327 Å². The largest absolute Gasteiger partial charge is 0.456 e. The van der Waals surface area contributed by atoms with Crippen LogP contribution in [0.2, 0.25) is 0 Å². The van der Waals surface area contributed by atoms with E-state index in [1.54, 1.807) is 0 Å². The van der Waals surface area contributed by atoms with E-state index in [2.05, 4.69) is 164 Å². The number of rotatable bonds is 6. The molecule has 262 valence electrons. The predicted molar refractivity (Wildman–Crippen MR) is 235 cm³/mol. The average Bonchev–Trinajstić information content (AvgIpc) is 3.85. The van der Waals surface area contributed by atoms with Gasteiger partial charge >= 0.3 is 0 Å². The smallest absolute Gasteiger partial charge is 0.160 e. The molecule has 11 rings (SSSR count). The minimum atomic E-state index is 0.680. The molecule has 3 aromatic heterocycles.